The molecule has 0 fully saturated rings. The van der Waals surface area contributed by atoms with E-state index in [1.54, 1.807) is 11.8 Å². The Bertz CT molecular complexity index is 525. The summed E-state index contributed by atoms with van der Waals surface area (Å²) in [5, 5.41) is 8.89. The van der Waals surface area contributed by atoms with Crippen LogP contribution < -0.4 is 5.73 Å². The number of hydrogen-bond donors (Lipinski definition) is 2. The van der Waals surface area contributed by atoms with Crippen molar-refractivity contribution in [1.29, 1.82) is 0 Å². The Morgan fingerprint density at radius 3 is 2.65 bits per heavy atom. The number of aliphatic hydroxyl groups is 1. The zero-order valence-corrected chi connectivity index (χ0v) is 14.0. The third-order valence-electron chi connectivity index (χ3n) is 3.49. The molecule has 0 heterocycles. The topological polar surface area (TPSA) is 46.2 Å². The average Bonchev–Trinajstić information content (AvgIpc) is 2.37. The van der Waals surface area contributed by atoms with Gasteiger partial charge in [-0.1, -0.05) is 37.4 Å². The van der Waals surface area contributed by atoms with Crippen LogP contribution in [0, 0.1) is 5.92 Å². The van der Waals surface area contributed by atoms with Crippen LogP contribution in [0.3, 0.4) is 0 Å². The molecule has 2 nitrogen and oxygen atoms in total. The van der Waals surface area contributed by atoms with Gasteiger partial charge in [0.1, 0.15) is 0 Å². The molecule has 2 unspecified atom stereocenters. The standard InChI is InChI=1S/C16H22ClNOS/c1-9-6-7-10(2)16(15(9)18)20-13(5)12(4)11(3)8-14(17)19/h6-9,15,19H,5,18H2,1-4H3/b12-11+,14-8-. The lowest BCUT2D eigenvalue weighted by Crippen LogP contribution is -2.30. The highest BCUT2D eigenvalue weighted by atomic mass is 35.5. The summed E-state index contributed by atoms with van der Waals surface area (Å²) in [6, 6.07) is 0.00632. The fraction of sp³-hybridized carbons (Fsp3) is 0.375. The molecule has 0 bridgehead atoms. The molecule has 3 N–H and O–H groups in total. The Hall–Kier alpha value is -0.900. The van der Waals surface area contributed by atoms with Gasteiger partial charge in [0, 0.05) is 15.9 Å². The van der Waals surface area contributed by atoms with Gasteiger partial charge in [-0.2, -0.15) is 0 Å². The first-order valence-electron chi connectivity index (χ1n) is 6.49. The van der Waals surface area contributed by atoms with Crippen molar-refractivity contribution in [2.45, 2.75) is 33.7 Å². The second-order valence-electron chi connectivity index (χ2n) is 5.09. The van der Waals surface area contributed by atoms with Crippen LogP contribution in [0.1, 0.15) is 27.7 Å². The van der Waals surface area contributed by atoms with Crippen molar-refractivity contribution >= 4 is 23.4 Å². The normalized spacial score (nSPS) is 24.8. The third kappa shape index (κ3) is 4.30. The molecular weight excluding hydrogens is 290 g/mol. The van der Waals surface area contributed by atoms with E-state index in [2.05, 4.69) is 32.6 Å². The summed E-state index contributed by atoms with van der Waals surface area (Å²) in [5.74, 6) is 0.325. The number of hydrogen-bond acceptors (Lipinski definition) is 3. The molecule has 0 saturated carbocycles. The summed E-state index contributed by atoms with van der Waals surface area (Å²) in [6.07, 6.45) is 5.77. The lowest BCUT2D eigenvalue weighted by Gasteiger charge is -2.26. The molecule has 0 aliphatic heterocycles. The molecule has 0 saturated heterocycles. The van der Waals surface area contributed by atoms with E-state index in [1.165, 1.54) is 11.6 Å². The SMILES string of the molecule is C=C(SC1=C(C)C=CC(C)C1N)/C(C)=C(C)/C=C(\O)Cl. The number of nitrogens with two attached hydrogens (primary N) is 1. The van der Waals surface area contributed by atoms with Crippen LogP contribution >= 0.6 is 23.4 Å². The quantitative estimate of drug-likeness (QED) is 0.566. The summed E-state index contributed by atoms with van der Waals surface area (Å²) in [6.45, 7) is 12.1. The van der Waals surface area contributed by atoms with Gasteiger partial charge in [-0.25, -0.2) is 0 Å². The predicted octanol–water partition coefficient (Wildman–Crippen LogP) is 5.02. The molecule has 0 spiro atoms. The number of aliphatic hydroxyl groups excluding tert-OH is 1. The second-order valence-corrected chi connectivity index (χ2v) is 6.62. The third-order valence-corrected chi connectivity index (χ3v) is 4.96. The summed E-state index contributed by atoms with van der Waals surface area (Å²) in [5.41, 5.74) is 9.33. The zero-order chi connectivity index (χ0) is 15.4. The van der Waals surface area contributed by atoms with E-state index in [9.17, 15) is 0 Å². The van der Waals surface area contributed by atoms with Gasteiger partial charge in [0.05, 0.1) is 0 Å². The molecule has 1 aliphatic rings. The van der Waals surface area contributed by atoms with Crippen LogP contribution in [-0.2, 0) is 0 Å². The van der Waals surface area contributed by atoms with E-state index in [-0.39, 0.29) is 11.3 Å². The van der Waals surface area contributed by atoms with E-state index < -0.39 is 0 Å². The first-order chi connectivity index (χ1) is 9.23. The number of allylic oxidation sites excluding steroid dienone is 5. The first kappa shape index (κ1) is 17.2. The summed E-state index contributed by atoms with van der Waals surface area (Å²) in [7, 11) is 0. The summed E-state index contributed by atoms with van der Waals surface area (Å²) < 4.78 is 0. The van der Waals surface area contributed by atoms with Gasteiger partial charge in [0.15, 0.2) is 5.22 Å². The number of rotatable bonds is 4. The lowest BCUT2D eigenvalue weighted by molar-refractivity contribution is 0.452. The Labute approximate surface area is 130 Å². The molecule has 110 valence electrons. The molecule has 1 rings (SSSR count). The van der Waals surface area contributed by atoms with Crippen molar-refractivity contribution in [2.75, 3.05) is 0 Å². The summed E-state index contributed by atoms with van der Waals surface area (Å²) in [4.78, 5) is 2.07. The van der Waals surface area contributed by atoms with Gasteiger partial charge in [0.25, 0.3) is 0 Å². The number of thioether (sulfide) groups is 1. The van der Waals surface area contributed by atoms with Gasteiger partial charge < -0.3 is 10.8 Å². The fourth-order valence-corrected chi connectivity index (χ4v) is 3.19. The predicted molar refractivity (Wildman–Crippen MR) is 90.6 cm³/mol. The Kier molecular flexibility index (Phi) is 6.18. The monoisotopic (exact) mass is 311 g/mol. The fourth-order valence-electron chi connectivity index (χ4n) is 1.86. The van der Waals surface area contributed by atoms with Crippen LogP contribution in [0.5, 0.6) is 0 Å². The van der Waals surface area contributed by atoms with Gasteiger partial charge in [-0.15, -0.1) is 0 Å². The Balaban J connectivity index is 2.96. The maximum Gasteiger partial charge on any atom is 0.184 e. The maximum atomic E-state index is 9.11. The zero-order valence-electron chi connectivity index (χ0n) is 12.4. The largest absolute Gasteiger partial charge is 0.499 e. The second kappa shape index (κ2) is 7.21. The molecule has 0 aromatic rings. The van der Waals surface area contributed by atoms with Crippen LogP contribution in [-0.4, -0.2) is 11.1 Å². The van der Waals surface area contributed by atoms with Crippen molar-refractivity contribution in [3.8, 4) is 0 Å². The highest BCUT2D eigenvalue weighted by Gasteiger charge is 2.22. The Morgan fingerprint density at radius 2 is 2.10 bits per heavy atom. The van der Waals surface area contributed by atoms with E-state index in [0.717, 1.165) is 21.0 Å². The maximum absolute atomic E-state index is 9.11. The van der Waals surface area contributed by atoms with E-state index in [4.69, 9.17) is 22.4 Å². The van der Waals surface area contributed by atoms with Gasteiger partial charge in [0.2, 0.25) is 0 Å². The van der Waals surface area contributed by atoms with Crippen molar-refractivity contribution in [3.63, 3.8) is 0 Å². The molecule has 0 amide bonds. The summed E-state index contributed by atoms with van der Waals surface area (Å²) >= 11 is 7.09. The minimum atomic E-state index is -0.221. The van der Waals surface area contributed by atoms with Crippen LogP contribution in [0.4, 0.5) is 0 Å². The minimum absolute atomic E-state index is 0.00632. The van der Waals surface area contributed by atoms with Gasteiger partial charge >= 0.3 is 0 Å². The molecular formula is C16H22ClNOS. The molecule has 4 heteroatoms. The van der Waals surface area contributed by atoms with Crippen molar-refractivity contribution in [2.24, 2.45) is 11.7 Å². The first-order valence-corrected chi connectivity index (χ1v) is 7.68. The van der Waals surface area contributed by atoms with Crippen molar-refractivity contribution in [1.82, 2.24) is 0 Å². The van der Waals surface area contributed by atoms with E-state index in [0.29, 0.717) is 5.92 Å². The molecule has 20 heavy (non-hydrogen) atoms. The van der Waals surface area contributed by atoms with Gasteiger partial charge in [-0.3, -0.25) is 0 Å². The van der Waals surface area contributed by atoms with E-state index >= 15 is 0 Å². The highest BCUT2D eigenvalue weighted by Crippen LogP contribution is 2.38. The van der Waals surface area contributed by atoms with Crippen LogP contribution in [0.2, 0.25) is 0 Å². The minimum Gasteiger partial charge on any atom is -0.499 e. The van der Waals surface area contributed by atoms with Crippen molar-refractivity contribution < 1.29 is 5.11 Å². The van der Waals surface area contributed by atoms with Gasteiger partial charge in [-0.05, 0) is 61.1 Å². The van der Waals surface area contributed by atoms with E-state index in [1.807, 2.05) is 13.8 Å². The highest BCUT2D eigenvalue weighted by molar-refractivity contribution is 8.07. The molecule has 0 radical (unpaired) electrons. The smallest absolute Gasteiger partial charge is 0.184 e. The molecule has 1 aliphatic carbocycles. The molecule has 0 aromatic heterocycles. The average molecular weight is 312 g/mol. The van der Waals surface area contributed by atoms with Crippen molar-refractivity contribution in [3.05, 3.63) is 56.6 Å². The van der Waals surface area contributed by atoms with Crippen LogP contribution in [0.15, 0.2) is 56.6 Å². The lowest BCUT2D eigenvalue weighted by atomic mass is 9.94. The number of halogens is 1. The molecule has 0 aromatic carbocycles. The Morgan fingerprint density at radius 1 is 1.50 bits per heavy atom. The molecule has 2 atom stereocenters. The van der Waals surface area contributed by atoms with Crippen LogP contribution in [0.25, 0.3) is 0 Å².